The Morgan fingerprint density at radius 3 is 2.77 bits per heavy atom. The molecular weight excluding hydrogens is 382 g/mol. The topological polar surface area (TPSA) is 99.9 Å². The zero-order valence-electron chi connectivity index (χ0n) is 17.9. The minimum absolute atomic E-state index is 0.00694. The van der Waals surface area contributed by atoms with E-state index in [0.717, 1.165) is 32.1 Å². The monoisotopic (exact) mass is 415 g/mol. The van der Waals surface area contributed by atoms with E-state index in [1.165, 1.54) is 0 Å². The van der Waals surface area contributed by atoms with Gasteiger partial charge in [0.15, 0.2) is 0 Å². The number of nitrogens with zero attached hydrogens (tertiary/aromatic N) is 2. The van der Waals surface area contributed by atoms with Crippen LogP contribution in [0.5, 0.6) is 0 Å². The summed E-state index contributed by atoms with van der Waals surface area (Å²) in [6.07, 6.45) is 15.2. The Balaban J connectivity index is 1.33. The molecule has 4 aliphatic rings. The summed E-state index contributed by atoms with van der Waals surface area (Å²) in [5, 5.41) is 2.97. The summed E-state index contributed by atoms with van der Waals surface area (Å²) in [6.45, 7) is 5.83. The van der Waals surface area contributed by atoms with Gasteiger partial charge in [0, 0.05) is 24.5 Å². The average molecular weight is 416 g/mol. The number of nitrogens with two attached hydrogens (primary N) is 1. The van der Waals surface area contributed by atoms with Crippen LogP contribution in [0.2, 0.25) is 0 Å². The van der Waals surface area contributed by atoms with Crippen LogP contribution in [0, 0.1) is 5.41 Å². The highest BCUT2D eigenvalue weighted by molar-refractivity contribution is 5.75. The zero-order valence-corrected chi connectivity index (χ0v) is 17.9. The predicted molar refractivity (Wildman–Crippen MR) is 114 cm³/mol. The number of hydrogen-bond donors (Lipinski definition) is 3. The Hall–Kier alpha value is -2.48. The highest BCUT2D eigenvalue weighted by Gasteiger charge is 2.45. The van der Waals surface area contributed by atoms with Gasteiger partial charge in [0.1, 0.15) is 5.76 Å². The lowest BCUT2D eigenvalue weighted by molar-refractivity contribution is 0.0401. The van der Waals surface area contributed by atoms with Gasteiger partial charge in [0.25, 0.3) is 0 Å². The normalized spacial score (nSPS) is 33.1. The second-order valence-corrected chi connectivity index (χ2v) is 9.30. The van der Waals surface area contributed by atoms with Crippen molar-refractivity contribution in [1.82, 2.24) is 20.6 Å². The predicted octanol–water partition coefficient (Wildman–Crippen LogP) is 2.40. The van der Waals surface area contributed by atoms with E-state index in [-0.39, 0.29) is 35.1 Å². The van der Waals surface area contributed by atoms with Gasteiger partial charge in [0.2, 0.25) is 0 Å². The molecular formula is C22H33N5O3. The van der Waals surface area contributed by atoms with Gasteiger partial charge in [-0.05, 0) is 45.1 Å². The number of hydroxylamine groups is 1. The van der Waals surface area contributed by atoms with Gasteiger partial charge < -0.3 is 25.7 Å². The van der Waals surface area contributed by atoms with Crippen LogP contribution in [0.4, 0.5) is 9.59 Å². The molecule has 0 aromatic heterocycles. The third-order valence-corrected chi connectivity index (χ3v) is 6.97. The van der Waals surface area contributed by atoms with Crippen LogP contribution in [-0.2, 0) is 4.84 Å². The molecule has 8 heteroatoms. The Labute approximate surface area is 178 Å². The minimum atomic E-state index is -0.375. The van der Waals surface area contributed by atoms with Crippen LogP contribution in [-0.4, -0.2) is 59.1 Å². The largest absolute Gasteiger partial charge is 0.411 e. The fraction of sp³-hybridized carbons (Fsp3) is 0.636. The third-order valence-electron chi connectivity index (χ3n) is 6.97. The molecule has 0 bridgehead atoms. The molecule has 0 aromatic carbocycles. The van der Waals surface area contributed by atoms with Crippen LogP contribution in [0.1, 0.15) is 46.0 Å². The lowest BCUT2D eigenvalue weighted by Gasteiger charge is -2.40. The quantitative estimate of drug-likeness (QED) is 0.642. The van der Waals surface area contributed by atoms with E-state index in [4.69, 9.17) is 10.6 Å². The van der Waals surface area contributed by atoms with Crippen molar-refractivity contribution in [2.75, 3.05) is 19.6 Å². The molecule has 2 fully saturated rings. The van der Waals surface area contributed by atoms with E-state index in [2.05, 4.69) is 55.0 Å². The third kappa shape index (κ3) is 4.05. The highest BCUT2D eigenvalue weighted by atomic mass is 16.7. The van der Waals surface area contributed by atoms with Gasteiger partial charge in [-0.25, -0.2) is 9.59 Å². The highest BCUT2D eigenvalue weighted by Crippen LogP contribution is 2.42. The summed E-state index contributed by atoms with van der Waals surface area (Å²) in [4.78, 5) is 33.9. The molecule has 4 rings (SSSR count). The number of piperidine rings is 1. The SMILES string of the molecule is CC1(C2(C)C=C(CNC(=O)N3CCC[C@@H](N(C(N)=O)C4CC4)C3)ON2)C=CC=CC1. The summed E-state index contributed by atoms with van der Waals surface area (Å²) < 4.78 is 0. The summed E-state index contributed by atoms with van der Waals surface area (Å²) in [5.74, 6) is 0.709. The summed E-state index contributed by atoms with van der Waals surface area (Å²) in [6, 6.07) is -0.252. The molecule has 0 aromatic rings. The maximum Gasteiger partial charge on any atom is 0.317 e. The van der Waals surface area contributed by atoms with E-state index in [9.17, 15) is 9.59 Å². The molecule has 0 spiro atoms. The van der Waals surface area contributed by atoms with Crippen LogP contribution >= 0.6 is 0 Å². The number of carbonyl (C=O) groups excluding carboxylic acids is 2. The molecule has 2 aliphatic carbocycles. The Morgan fingerprint density at radius 2 is 2.10 bits per heavy atom. The lowest BCUT2D eigenvalue weighted by atomic mass is 9.68. The molecule has 0 radical (unpaired) electrons. The smallest absolute Gasteiger partial charge is 0.317 e. The van der Waals surface area contributed by atoms with Crippen molar-refractivity contribution in [3.8, 4) is 0 Å². The first-order valence-electron chi connectivity index (χ1n) is 10.9. The molecule has 30 heavy (non-hydrogen) atoms. The second kappa shape index (κ2) is 7.98. The molecule has 2 heterocycles. The number of allylic oxidation sites excluding steroid dienone is 3. The number of carbonyl (C=O) groups is 2. The van der Waals surface area contributed by atoms with Crippen molar-refractivity contribution in [3.63, 3.8) is 0 Å². The van der Waals surface area contributed by atoms with Gasteiger partial charge in [-0.1, -0.05) is 31.2 Å². The maximum atomic E-state index is 12.8. The van der Waals surface area contributed by atoms with Crippen LogP contribution < -0.4 is 16.5 Å². The molecule has 8 nitrogen and oxygen atoms in total. The summed E-state index contributed by atoms with van der Waals surface area (Å²) in [5.41, 5.74) is 8.29. The first-order valence-corrected chi connectivity index (χ1v) is 10.9. The van der Waals surface area contributed by atoms with Crippen molar-refractivity contribution in [2.24, 2.45) is 11.1 Å². The van der Waals surface area contributed by atoms with Crippen molar-refractivity contribution >= 4 is 12.1 Å². The molecule has 164 valence electrons. The van der Waals surface area contributed by atoms with Gasteiger partial charge in [0.05, 0.1) is 18.1 Å². The van der Waals surface area contributed by atoms with Crippen LogP contribution in [0.25, 0.3) is 0 Å². The van der Waals surface area contributed by atoms with Gasteiger partial charge in [-0.3, -0.25) is 0 Å². The first-order chi connectivity index (χ1) is 14.3. The van der Waals surface area contributed by atoms with Crippen LogP contribution in [0.3, 0.4) is 0 Å². The molecule has 1 saturated carbocycles. The zero-order chi connectivity index (χ0) is 21.4. The summed E-state index contributed by atoms with van der Waals surface area (Å²) >= 11 is 0. The van der Waals surface area contributed by atoms with E-state index < -0.39 is 0 Å². The van der Waals surface area contributed by atoms with E-state index in [1.807, 2.05) is 0 Å². The van der Waals surface area contributed by atoms with Gasteiger partial charge >= 0.3 is 12.1 Å². The van der Waals surface area contributed by atoms with E-state index in [0.29, 0.717) is 25.4 Å². The number of likely N-dealkylation sites (tertiary alicyclic amines) is 1. The van der Waals surface area contributed by atoms with Crippen molar-refractivity contribution in [1.29, 1.82) is 0 Å². The number of primary amides is 1. The lowest BCUT2D eigenvalue weighted by Crippen LogP contribution is -2.55. The van der Waals surface area contributed by atoms with E-state index >= 15 is 0 Å². The fourth-order valence-corrected chi connectivity index (χ4v) is 4.69. The van der Waals surface area contributed by atoms with Crippen LogP contribution in [0.15, 0.2) is 36.1 Å². The number of amides is 4. The molecule has 2 unspecified atom stereocenters. The molecule has 3 atom stereocenters. The number of rotatable bonds is 5. The summed E-state index contributed by atoms with van der Waals surface area (Å²) in [7, 11) is 0. The molecule has 4 N–H and O–H groups in total. The molecule has 4 amide bonds. The Bertz CT molecular complexity index is 790. The molecule has 2 aliphatic heterocycles. The van der Waals surface area contributed by atoms with Gasteiger partial charge in [-0.2, -0.15) is 0 Å². The second-order valence-electron chi connectivity index (χ2n) is 9.30. The first kappa shape index (κ1) is 20.8. The van der Waals surface area contributed by atoms with Gasteiger partial charge in [-0.15, -0.1) is 5.48 Å². The number of nitrogens with one attached hydrogen (secondary N) is 2. The minimum Gasteiger partial charge on any atom is -0.411 e. The average Bonchev–Trinajstić information content (AvgIpc) is 3.47. The van der Waals surface area contributed by atoms with Crippen molar-refractivity contribution in [3.05, 3.63) is 36.1 Å². The van der Waals surface area contributed by atoms with Crippen molar-refractivity contribution < 1.29 is 14.4 Å². The number of hydrogen-bond acceptors (Lipinski definition) is 4. The number of urea groups is 2. The molecule has 1 saturated heterocycles. The fourth-order valence-electron chi connectivity index (χ4n) is 4.69. The Morgan fingerprint density at radius 1 is 1.30 bits per heavy atom. The van der Waals surface area contributed by atoms with E-state index in [1.54, 1.807) is 9.80 Å². The Kier molecular flexibility index (Phi) is 5.53. The standard InChI is InChI=1S/C22H33N5O3/c1-21(10-4-3-5-11-21)22(2)13-18(30-25-22)14-24-20(29)26-12-6-7-17(15-26)27(19(23)28)16-8-9-16/h3-5,10,13,16-17,25H,6-9,11-12,14-15H2,1-2H3,(H2,23,28)(H,24,29)/t17-,21?,22?/m1/s1. The maximum absolute atomic E-state index is 12.8. The van der Waals surface area contributed by atoms with Crippen molar-refractivity contribution in [2.45, 2.75) is 63.6 Å².